The normalized spacial score (nSPS) is 17.9. The Morgan fingerprint density at radius 1 is 0.939 bits per heavy atom. The SMILES string of the molecule is Cc1ccccc1-n1c(C)cc([C@@H]2[C@@H](c3ccccn3)NC(=S)N2c2ccc(Br)cc2)c1C. The summed E-state index contributed by atoms with van der Waals surface area (Å²) >= 11 is 9.43. The minimum absolute atomic E-state index is 0.0301. The molecule has 33 heavy (non-hydrogen) atoms. The molecule has 5 rings (SSSR count). The smallest absolute Gasteiger partial charge is 0.174 e. The number of benzene rings is 2. The molecule has 0 saturated carbocycles. The van der Waals surface area contributed by atoms with Crippen LogP contribution in [0.1, 0.15) is 40.3 Å². The molecule has 4 aromatic rings. The number of hydrogen-bond acceptors (Lipinski definition) is 2. The van der Waals surface area contributed by atoms with Crippen molar-refractivity contribution in [3.8, 4) is 5.69 Å². The maximum absolute atomic E-state index is 5.88. The fourth-order valence-corrected chi connectivity index (χ4v) is 5.43. The second-order valence-electron chi connectivity index (χ2n) is 8.42. The molecule has 166 valence electrons. The lowest BCUT2D eigenvalue weighted by Gasteiger charge is -2.28. The number of hydrogen-bond donors (Lipinski definition) is 1. The number of rotatable bonds is 4. The van der Waals surface area contributed by atoms with E-state index in [2.05, 4.69) is 117 Å². The molecule has 0 radical (unpaired) electrons. The highest BCUT2D eigenvalue weighted by Crippen LogP contribution is 2.44. The van der Waals surface area contributed by atoms with E-state index < -0.39 is 0 Å². The summed E-state index contributed by atoms with van der Waals surface area (Å²) in [7, 11) is 0. The minimum Gasteiger partial charge on any atom is -0.351 e. The summed E-state index contributed by atoms with van der Waals surface area (Å²) in [4.78, 5) is 6.91. The van der Waals surface area contributed by atoms with E-state index in [0.717, 1.165) is 15.9 Å². The van der Waals surface area contributed by atoms with Gasteiger partial charge in [-0.2, -0.15) is 0 Å². The molecular formula is C27H25BrN4S. The molecule has 1 N–H and O–H groups in total. The summed E-state index contributed by atoms with van der Waals surface area (Å²) in [5, 5.41) is 4.27. The van der Waals surface area contributed by atoms with Crippen LogP contribution in [0.5, 0.6) is 0 Å². The van der Waals surface area contributed by atoms with Crippen LogP contribution in [0.15, 0.2) is 83.5 Å². The van der Waals surface area contributed by atoms with Crippen LogP contribution in [0.4, 0.5) is 5.69 Å². The van der Waals surface area contributed by atoms with Gasteiger partial charge >= 0.3 is 0 Å². The van der Waals surface area contributed by atoms with E-state index in [4.69, 9.17) is 12.2 Å². The number of halogens is 1. The summed E-state index contributed by atoms with van der Waals surface area (Å²) in [5.41, 5.74) is 8.13. The monoisotopic (exact) mass is 516 g/mol. The van der Waals surface area contributed by atoms with Crippen LogP contribution in [0, 0.1) is 20.8 Å². The summed E-state index contributed by atoms with van der Waals surface area (Å²) < 4.78 is 3.39. The van der Waals surface area contributed by atoms with Crippen molar-refractivity contribution in [2.45, 2.75) is 32.9 Å². The summed E-state index contributed by atoms with van der Waals surface area (Å²) in [6.07, 6.45) is 1.84. The van der Waals surface area contributed by atoms with Gasteiger partial charge in [0.05, 0.1) is 17.8 Å². The van der Waals surface area contributed by atoms with E-state index >= 15 is 0 Å². The predicted molar refractivity (Wildman–Crippen MR) is 142 cm³/mol. The van der Waals surface area contributed by atoms with Crippen LogP contribution in [-0.4, -0.2) is 14.7 Å². The van der Waals surface area contributed by atoms with Gasteiger partial charge in [-0.15, -0.1) is 0 Å². The highest BCUT2D eigenvalue weighted by molar-refractivity contribution is 9.10. The van der Waals surface area contributed by atoms with E-state index in [9.17, 15) is 0 Å². The van der Waals surface area contributed by atoms with Crippen molar-refractivity contribution < 1.29 is 0 Å². The summed E-state index contributed by atoms with van der Waals surface area (Å²) in [5.74, 6) is 0. The van der Waals surface area contributed by atoms with Gasteiger partial charge in [-0.3, -0.25) is 4.98 Å². The molecule has 0 bridgehead atoms. The van der Waals surface area contributed by atoms with Crippen molar-refractivity contribution in [1.29, 1.82) is 0 Å². The Bertz CT molecular complexity index is 1310. The first-order valence-electron chi connectivity index (χ1n) is 11.0. The van der Waals surface area contributed by atoms with Gasteiger partial charge < -0.3 is 14.8 Å². The van der Waals surface area contributed by atoms with Crippen LogP contribution in [0.2, 0.25) is 0 Å². The van der Waals surface area contributed by atoms with Crippen LogP contribution < -0.4 is 10.2 Å². The Kier molecular flexibility index (Phi) is 5.81. The van der Waals surface area contributed by atoms with Gasteiger partial charge in [-0.25, -0.2) is 0 Å². The van der Waals surface area contributed by atoms with Gasteiger partial charge in [0.15, 0.2) is 5.11 Å². The third kappa shape index (κ3) is 3.87. The Morgan fingerprint density at radius 2 is 1.67 bits per heavy atom. The molecule has 1 fully saturated rings. The van der Waals surface area contributed by atoms with Crippen molar-refractivity contribution >= 4 is 38.9 Å². The summed E-state index contributed by atoms with van der Waals surface area (Å²) in [6.45, 7) is 6.53. The second kappa shape index (κ2) is 8.76. The average Bonchev–Trinajstić information content (AvgIpc) is 3.31. The van der Waals surface area contributed by atoms with E-state index in [-0.39, 0.29) is 12.1 Å². The Morgan fingerprint density at radius 3 is 2.36 bits per heavy atom. The number of aryl methyl sites for hydroxylation is 2. The molecule has 2 atom stereocenters. The lowest BCUT2D eigenvalue weighted by Crippen LogP contribution is -2.29. The van der Waals surface area contributed by atoms with Crippen molar-refractivity contribution in [3.05, 3.63) is 112 Å². The third-order valence-electron chi connectivity index (χ3n) is 6.35. The standard InChI is InChI=1S/C27H25BrN4S/c1-17-8-4-5-10-24(17)31-18(2)16-22(19(31)3)26-25(23-9-6-7-15-29-23)30-27(33)32(26)21-13-11-20(28)12-14-21/h4-16,25-26H,1-3H3,(H,30,33)/t25-,26-/m1/s1. The lowest BCUT2D eigenvalue weighted by atomic mass is 9.96. The lowest BCUT2D eigenvalue weighted by molar-refractivity contribution is 0.565. The van der Waals surface area contributed by atoms with Crippen molar-refractivity contribution in [1.82, 2.24) is 14.9 Å². The van der Waals surface area contributed by atoms with E-state index in [1.54, 1.807) is 0 Å². The fraction of sp³-hybridized carbons (Fsp3) is 0.185. The number of pyridine rings is 1. The molecule has 6 heteroatoms. The first-order valence-corrected chi connectivity index (χ1v) is 12.2. The highest BCUT2D eigenvalue weighted by Gasteiger charge is 2.42. The van der Waals surface area contributed by atoms with Gasteiger partial charge in [-0.05, 0) is 92.6 Å². The van der Waals surface area contributed by atoms with Crippen LogP contribution in [0.3, 0.4) is 0 Å². The zero-order valence-corrected chi connectivity index (χ0v) is 21.2. The van der Waals surface area contributed by atoms with Crippen LogP contribution >= 0.6 is 28.1 Å². The van der Waals surface area contributed by atoms with Gasteiger partial charge in [0.25, 0.3) is 0 Å². The molecule has 2 aromatic heterocycles. The molecule has 2 aromatic carbocycles. The topological polar surface area (TPSA) is 33.1 Å². The fourth-order valence-electron chi connectivity index (χ4n) is 4.82. The molecule has 1 aliphatic rings. The maximum Gasteiger partial charge on any atom is 0.174 e. The number of para-hydroxylation sites is 1. The molecule has 0 amide bonds. The number of aromatic nitrogens is 2. The second-order valence-corrected chi connectivity index (χ2v) is 9.72. The quantitative estimate of drug-likeness (QED) is 0.304. The summed E-state index contributed by atoms with van der Waals surface area (Å²) in [6, 6.07) is 25.1. The van der Waals surface area contributed by atoms with E-state index in [1.165, 1.54) is 28.2 Å². The molecule has 4 nitrogen and oxygen atoms in total. The van der Waals surface area contributed by atoms with Gasteiger partial charge in [0, 0.05) is 33.4 Å². The van der Waals surface area contributed by atoms with E-state index in [1.807, 2.05) is 18.3 Å². The highest BCUT2D eigenvalue weighted by atomic mass is 79.9. The van der Waals surface area contributed by atoms with Crippen molar-refractivity contribution in [3.63, 3.8) is 0 Å². The number of nitrogens with zero attached hydrogens (tertiary/aromatic N) is 3. The molecule has 0 unspecified atom stereocenters. The van der Waals surface area contributed by atoms with Crippen LogP contribution in [-0.2, 0) is 0 Å². The van der Waals surface area contributed by atoms with Crippen LogP contribution in [0.25, 0.3) is 5.69 Å². The molecule has 1 aliphatic heterocycles. The molecule has 0 spiro atoms. The average molecular weight is 517 g/mol. The molecule has 3 heterocycles. The van der Waals surface area contributed by atoms with Gasteiger partial charge in [0.1, 0.15) is 0 Å². The minimum atomic E-state index is -0.0619. The molecular weight excluding hydrogens is 492 g/mol. The first kappa shape index (κ1) is 21.9. The first-order chi connectivity index (χ1) is 16.0. The number of nitrogens with one attached hydrogen (secondary N) is 1. The molecule has 1 saturated heterocycles. The Balaban J connectivity index is 1.69. The zero-order valence-electron chi connectivity index (χ0n) is 18.8. The number of anilines is 1. The Labute approximate surface area is 208 Å². The number of thiocarbonyl (C=S) groups is 1. The van der Waals surface area contributed by atoms with Gasteiger partial charge in [0.2, 0.25) is 0 Å². The molecule has 0 aliphatic carbocycles. The van der Waals surface area contributed by atoms with Crippen molar-refractivity contribution in [2.75, 3.05) is 4.90 Å². The largest absolute Gasteiger partial charge is 0.351 e. The Hall–Kier alpha value is -2.96. The predicted octanol–water partition coefficient (Wildman–Crippen LogP) is 6.74. The van der Waals surface area contributed by atoms with Crippen molar-refractivity contribution in [2.24, 2.45) is 0 Å². The van der Waals surface area contributed by atoms with E-state index in [0.29, 0.717) is 5.11 Å². The van der Waals surface area contributed by atoms with Gasteiger partial charge in [-0.1, -0.05) is 40.2 Å². The third-order valence-corrected chi connectivity index (χ3v) is 7.19. The zero-order chi connectivity index (χ0) is 23.1. The maximum atomic E-state index is 5.88.